The van der Waals surface area contributed by atoms with Gasteiger partial charge in [-0.25, -0.2) is 0 Å². The molecule has 0 unspecified atom stereocenters. The van der Waals surface area contributed by atoms with Crippen LogP contribution in [0.1, 0.15) is 20.3 Å². The van der Waals surface area contributed by atoms with Crippen LogP contribution in [0.15, 0.2) is 66.7 Å². The Morgan fingerprint density at radius 2 is 1.42 bits per heavy atom. The van der Waals surface area contributed by atoms with Crippen molar-refractivity contribution < 1.29 is 9.47 Å². The number of rotatable bonds is 6. The molecule has 3 aromatic rings. The summed E-state index contributed by atoms with van der Waals surface area (Å²) in [5, 5.41) is 2.36. The van der Waals surface area contributed by atoms with Crippen molar-refractivity contribution in [1.29, 1.82) is 0 Å². The highest BCUT2D eigenvalue weighted by Gasteiger charge is 2.13. The first-order chi connectivity index (χ1) is 11.7. The van der Waals surface area contributed by atoms with Gasteiger partial charge in [-0.15, -0.1) is 0 Å². The van der Waals surface area contributed by atoms with E-state index in [1.165, 1.54) is 16.5 Å². The van der Waals surface area contributed by atoms with Gasteiger partial charge in [0.25, 0.3) is 0 Å². The molecule has 0 aliphatic carbocycles. The van der Waals surface area contributed by atoms with E-state index in [0.29, 0.717) is 0 Å². The molecule has 2 heteroatoms. The van der Waals surface area contributed by atoms with Crippen LogP contribution < -0.4 is 4.74 Å². The highest BCUT2D eigenvalue weighted by Crippen LogP contribution is 2.35. The van der Waals surface area contributed by atoms with Gasteiger partial charge in [-0.05, 0) is 36.4 Å². The van der Waals surface area contributed by atoms with E-state index in [1.54, 1.807) is 7.11 Å². The maximum absolute atomic E-state index is 6.21. The second-order valence-electron chi connectivity index (χ2n) is 6.23. The lowest BCUT2D eigenvalue weighted by molar-refractivity contribution is 0.0724. The first kappa shape index (κ1) is 16.5. The molecule has 0 aromatic heterocycles. The van der Waals surface area contributed by atoms with Crippen LogP contribution in [0.5, 0.6) is 5.75 Å². The zero-order valence-electron chi connectivity index (χ0n) is 14.5. The zero-order chi connectivity index (χ0) is 16.9. The summed E-state index contributed by atoms with van der Waals surface area (Å²) in [6, 6.07) is 23.1. The van der Waals surface area contributed by atoms with Gasteiger partial charge < -0.3 is 9.47 Å². The van der Waals surface area contributed by atoms with Crippen LogP contribution >= 0.6 is 0 Å². The van der Waals surface area contributed by atoms with E-state index in [1.807, 2.05) is 6.07 Å². The molecule has 2 nitrogen and oxygen atoms in total. The van der Waals surface area contributed by atoms with Crippen LogP contribution in [-0.2, 0) is 4.74 Å². The minimum atomic E-state index is 0.103. The van der Waals surface area contributed by atoms with E-state index in [0.717, 1.165) is 17.6 Å². The molecule has 3 aromatic carbocycles. The lowest BCUT2D eigenvalue weighted by Gasteiger charge is -2.20. The molecule has 0 radical (unpaired) electrons. The van der Waals surface area contributed by atoms with Gasteiger partial charge in [0, 0.05) is 18.9 Å². The second-order valence-corrected chi connectivity index (χ2v) is 6.23. The molecule has 3 rings (SSSR count). The normalized spacial score (nSPS) is 13.6. The van der Waals surface area contributed by atoms with Crippen molar-refractivity contribution in [2.45, 2.75) is 32.5 Å². The van der Waals surface area contributed by atoms with Crippen molar-refractivity contribution in [3.05, 3.63) is 66.7 Å². The molecule has 0 heterocycles. The van der Waals surface area contributed by atoms with Gasteiger partial charge in [-0.3, -0.25) is 0 Å². The maximum atomic E-state index is 6.21. The fourth-order valence-electron chi connectivity index (χ4n) is 3.07. The molecule has 0 N–H and O–H groups in total. The van der Waals surface area contributed by atoms with Gasteiger partial charge in [0.05, 0.1) is 12.2 Å². The van der Waals surface area contributed by atoms with Crippen LogP contribution in [0.2, 0.25) is 0 Å². The SMILES string of the molecule is CO[C@H](C)C[C@H](C)Oc1ccc(-c2ccccc2)c2ccccc12. The van der Waals surface area contributed by atoms with Crippen molar-refractivity contribution in [3.8, 4) is 16.9 Å². The predicted octanol–water partition coefficient (Wildman–Crippen LogP) is 5.70. The molecule has 0 spiro atoms. The standard InChI is InChI=1S/C22H24O2/c1-16(23-3)15-17(2)24-22-14-13-19(18-9-5-4-6-10-18)20-11-7-8-12-21(20)22/h4-14,16-17H,15H2,1-3H3/t16-,17+/m1/s1. The van der Waals surface area contributed by atoms with Gasteiger partial charge in [0.1, 0.15) is 5.75 Å². The third kappa shape index (κ3) is 3.60. The summed E-state index contributed by atoms with van der Waals surface area (Å²) in [5.41, 5.74) is 2.46. The summed E-state index contributed by atoms with van der Waals surface area (Å²) in [5.74, 6) is 0.932. The smallest absolute Gasteiger partial charge is 0.127 e. The molecule has 2 atom stereocenters. The number of methoxy groups -OCH3 is 1. The number of fused-ring (bicyclic) bond motifs is 1. The summed E-state index contributed by atoms with van der Waals surface area (Å²) in [6.07, 6.45) is 1.16. The van der Waals surface area contributed by atoms with E-state index in [9.17, 15) is 0 Å². The molecular weight excluding hydrogens is 296 g/mol. The molecule has 0 bridgehead atoms. The van der Waals surface area contributed by atoms with E-state index < -0.39 is 0 Å². The summed E-state index contributed by atoms with van der Waals surface area (Å²) >= 11 is 0. The molecular formula is C22H24O2. The first-order valence-corrected chi connectivity index (χ1v) is 8.45. The van der Waals surface area contributed by atoms with Crippen LogP contribution in [-0.4, -0.2) is 19.3 Å². The Hall–Kier alpha value is -2.32. The van der Waals surface area contributed by atoms with Gasteiger partial charge in [-0.1, -0.05) is 60.7 Å². The largest absolute Gasteiger partial charge is 0.490 e. The van der Waals surface area contributed by atoms with Crippen LogP contribution in [0, 0.1) is 0 Å². The third-order valence-electron chi connectivity index (χ3n) is 4.36. The number of benzene rings is 3. The summed E-state index contributed by atoms with van der Waals surface area (Å²) in [7, 11) is 1.74. The molecule has 124 valence electrons. The molecule has 0 aliphatic rings. The zero-order valence-corrected chi connectivity index (χ0v) is 14.5. The number of ether oxygens (including phenoxy) is 2. The van der Waals surface area contributed by atoms with E-state index in [4.69, 9.17) is 9.47 Å². The minimum Gasteiger partial charge on any atom is -0.490 e. The Labute approximate surface area is 144 Å². The first-order valence-electron chi connectivity index (χ1n) is 8.45. The molecule has 0 fully saturated rings. The van der Waals surface area contributed by atoms with Gasteiger partial charge in [-0.2, -0.15) is 0 Å². The molecule has 0 saturated heterocycles. The van der Waals surface area contributed by atoms with Crippen molar-refractivity contribution in [2.75, 3.05) is 7.11 Å². The maximum Gasteiger partial charge on any atom is 0.127 e. The highest BCUT2D eigenvalue weighted by atomic mass is 16.5. The van der Waals surface area contributed by atoms with Crippen molar-refractivity contribution in [3.63, 3.8) is 0 Å². The second kappa shape index (κ2) is 7.50. The van der Waals surface area contributed by atoms with Gasteiger partial charge >= 0.3 is 0 Å². The topological polar surface area (TPSA) is 18.5 Å². The Kier molecular flexibility index (Phi) is 5.17. The summed E-state index contributed by atoms with van der Waals surface area (Å²) < 4.78 is 11.6. The van der Waals surface area contributed by atoms with Crippen molar-refractivity contribution in [1.82, 2.24) is 0 Å². The van der Waals surface area contributed by atoms with Crippen molar-refractivity contribution >= 4 is 10.8 Å². The van der Waals surface area contributed by atoms with Gasteiger partial charge in [0.2, 0.25) is 0 Å². The van der Waals surface area contributed by atoms with Crippen LogP contribution in [0.3, 0.4) is 0 Å². The third-order valence-corrected chi connectivity index (χ3v) is 4.36. The molecule has 24 heavy (non-hydrogen) atoms. The average molecular weight is 320 g/mol. The van der Waals surface area contributed by atoms with Crippen LogP contribution in [0.4, 0.5) is 0 Å². The quantitative estimate of drug-likeness (QED) is 0.580. The van der Waals surface area contributed by atoms with Crippen LogP contribution in [0.25, 0.3) is 21.9 Å². The lowest BCUT2D eigenvalue weighted by atomic mass is 9.98. The Bertz CT molecular complexity index is 795. The molecule has 0 saturated carbocycles. The molecule has 0 aliphatic heterocycles. The van der Waals surface area contributed by atoms with E-state index in [2.05, 4.69) is 74.5 Å². The Morgan fingerprint density at radius 3 is 2.12 bits per heavy atom. The number of hydrogen-bond acceptors (Lipinski definition) is 2. The fourth-order valence-corrected chi connectivity index (χ4v) is 3.07. The van der Waals surface area contributed by atoms with Gasteiger partial charge in [0.15, 0.2) is 0 Å². The Balaban J connectivity index is 1.97. The fraction of sp³-hybridized carbons (Fsp3) is 0.273. The summed E-state index contributed by atoms with van der Waals surface area (Å²) in [4.78, 5) is 0. The van der Waals surface area contributed by atoms with Crippen molar-refractivity contribution in [2.24, 2.45) is 0 Å². The monoisotopic (exact) mass is 320 g/mol. The highest BCUT2D eigenvalue weighted by molar-refractivity contribution is 6.00. The average Bonchev–Trinajstić information content (AvgIpc) is 2.62. The molecule has 0 amide bonds. The van der Waals surface area contributed by atoms with E-state index >= 15 is 0 Å². The predicted molar refractivity (Wildman–Crippen MR) is 101 cm³/mol. The minimum absolute atomic E-state index is 0.103. The number of hydrogen-bond donors (Lipinski definition) is 0. The Morgan fingerprint density at radius 1 is 0.750 bits per heavy atom. The summed E-state index contributed by atoms with van der Waals surface area (Å²) in [6.45, 7) is 4.16. The van der Waals surface area contributed by atoms with E-state index in [-0.39, 0.29) is 12.2 Å². The lowest BCUT2D eigenvalue weighted by Crippen LogP contribution is -2.19.